The molecule has 0 saturated heterocycles. The lowest BCUT2D eigenvalue weighted by Gasteiger charge is -2.16. The Balaban J connectivity index is 2.10. The van der Waals surface area contributed by atoms with Gasteiger partial charge in [0, 0.05) is 25.1 Å². The van der Waals surface area contributed by atoms with Crippen molar-refractivity contribution in [2.45, 2.75) is 6.61 Å². The first-order valence-electron chi connectivity index (χ1n) is 7.93. The summed E-state index contributed by atoms with van der Waals surface area (Å²) in [6, 6.07) is 3.37. The van der Waals surface area contributed by atoms with E-state index in [1.165, 1.54) is 20.4 Å². The van der Waals surface area contributed by atoms with Crippen LogP contribution in [0.4, 0.5) is 5.13 Å². The number of nitrogens with one attached hydrogen (secondary N) is 1. The number of amides is 1. The summed E-state index contributed by atoms with van der Waals surface area (Å²) in [5, 5.41) is 11.3. The molecule has 3 aromatic heterocycles. The van der Waals surface area contributed by atoms with Crippen molar-refractivity contribution in [1.82, 2.24) is 20.2 Å². The Morgan fingerprint density at radius 3 is 2.68 bits per heavy atom. The van der Waals surface area contributed by atoms with Crippen LogP contribution in [-0.2, 0) is 11.3 Å². The number of hydrogen-bond donors (Lipinski definition) is 1. The fourth-order valence-corrected chi connectivity index (χ4v) is 3.25. The van der Waals surface area contributed by atoms with Gasteiger partial charge in [-0.2, -0.15) is 0 Å². The normalized spacial score (nSPS) is 10.6. The van der Waals surface area contributed by atoms with Crippen LogP contribution >= 0.6 is 22.9 Å². The van der Waals surface area contributed by atoms with Gasteiger partial charge in [0.1, 0.15) is 10.8 Å². The number of anilines is 1. The third kappa shape index (κ3) is 4.19. The van der Waals surface area contributed by atoms with E-state index >= 15 is 0 Å². The number of methoxy groups -OCH3 is 3. The molecule has 0 aliphatic rings. The van der Waals surface area contributed by atoms with E-state index in [1.807, 2.05) is 0 Å². The van der Waals surface area contributed by atoms with Crippen molar-refractivity contribution >= 4 is 34.0 Å². The number of pyridine rings is 2. The second-order valence-corrected chi connectivity index (χ2v) is 6.69. The highest BCUT2D eigenvalue weighted by molar-refractivity contribution is 7.17. The monoisotopic (exact) mass is 421 g/mol. The van der Waals surface area contributed by atoms with Gasteiger partial charge in [-0.1, -0.05) is 16.7 Å². The second-order valence-electron chi connectivity index (χ2n) is 5.36. The Kier molecular flexibility index (Phi) is 6.34. The number of aromatic nitrogens is 4. The maximum Gasteiger partial charge on any atom is 0.295 e. The van der Waals surface area contributed by atoms with E-state index in [-0.39, 0.29) is 17.3 Å². The van der Waals surface area contributed by atoms with Crippen LogP contribution in [0.1, 0.15) is 16.1 Å². The Hall–Kier alpha value is -2.82. The maximum absolute atomic E-state index is 12.9. The molecule has 0 aromatic carbocycles. The van der Waals surface area contributed by atoms with E-state index in [2.05, 4.69) is 25.5 Å². The minimum Gasteiger partial charge on any atom is -0.494 e. The highest BCUT2D eigenvalue weighted by Gasteiger charge is 2.23. The third-order valence-electron chi connectivity index (χ3n) is 3.65. The molecule has 1 amide bonds. The van der Waals surface area contributed by atoms with Crippen LogP contribution in [0.2, 0.25) is 5.15 Å². The summed E-state index contributed by atoms with van der Waals surface area (Å²) >= 11 is 7.15. The number of carbonyl (C=O) groups is 1. The zero-order valence-electron chi connectivity index (χ0n) is 15.2. The van der Waals surface area contributed by atoms with Crippen LogP contribution in [0.3, 0.4) is 0 Å². The van der Waals surface area contributed by atoms with Crippen molar-refractivity contribution in [3.8, 4) is 22.1 Å². The zero-order chi connectivity index (χ0) is 20.1. The summed E-state index contributed by atoms with van der Waals surface area (Å²) in [5.74, 6) is -0.0249. The molecule has 9 nitrogen and oxygen atoms in total. The molecule has 0 spiro atoms. The first-order chi connectivity index (χ1) is 13.6. The topological polar surface area (TPSA) is 108 Å². The average molecular weight is 422 g/mol. The number of carbonyl (C=O) groups excluding carboxylic acids is 1. The number of nitrogens with zero attached hydrogens (tertiary/aromatic N) is 4. The minimum atomic E-state index is -0.434. The summed E-state index contributed by atoms with van der Waals surface area (Å²) < 4.78 is 15.7. The molecule has 28 heavy (non-hydrogen) atoms. The van der Waals surface area contributed by atoms with Gasteiger partial charge < -0.3 is 14.2 Å². The molecule has 0 unspecified atom stereocenters. The Labute approximate surface area is 169 Å². The van der Waals surface area contributed by atoms with Crippen molar-refractivity contribution in [3.63, 3.8) is 0 Å². The number of hydrogen-bond acceptors (Lipinski definition) is 9. The van der Waals surface area contributed by atoms with Gasteiger partial charge in [0.25, 0.3) is 11.1 Å². The van der Waals surface area contributed by atoms with Crippen molar-refractivity contribution < 1.29 is 19.0 Å². The number of ether oxygens (including phenoxy) is 3. The minimum absolute atomic E-state index is 0.213. The van der Waals surface area contributed by atoms with E-state index in [1.54, 1.807) is 25.4 Å². The molecule has 0 bridgehead atoms. The average Bonchev–Trinajstić information content (AvgIpc) is 3.15. The fourth-order valence-electron chi connectivity index (χ4n) is 2.52. The smallest absolute Gasteiger partial charge is 0.295 e. The third-order valence-corrected chi connectivity index (χ3v) is 4.66. The van der Waals surface area contributed by atoms with Crippen LogP contribution in [0, 0.1) is 0 Å². The zero-order valence-corrected chi connectivity index (χ0v) is 16.8. The molecule has 11 heteroatoms. The largest absolute Gasteiger partial charge is 0.494 e. The quantitative estimate of drug-likeness (QED) is 0.580. The van der Waals surface area contributed by atoms with Crippen molar-refractivity contribution in [2.75, 3.05) is 26.6 Å². The summed E-state index contributed by atoms with van der Waals surface area (Å²) in [4.78, 5) is 21.2. The highest BCUT2D eigenvalue weighted by Crippen LogP contribution is 2.37. The Morgan fingerprint density at radius 2 is 2.04 bits per heavy atom. The molecule has 3 heterocycles. The predicted octanol–water partition coefficient (Wildman–Crippen LogP) is 3.06. The van der Waals surface area contributed by atoms with Gasteiger partial charge in [-0.3, -0.25) is 15.1 Å². The van der Waals surface area contributed by atoms with Crippen LogP contribution in [0.25, 0.3) is 11.1 Å². The standard InChI is InChI=1S/C17H16ClN5O4S/c1-25-8-11-14(26-2)13(9-4-5-19-12(18)6-9)10(7-20-11)15(24)21-16-22-23-17(27-3)28-16/h4-7H,8H2,1-3H3,(H,21,22,24). The van der Waals surface area contributed by atoms with Crippen LogP contribution in [0.15, 0.2) is 24.5 Å². The molecule has 3 aromatic rings. The molecule has 0 fully saturated rings. The molecule has 3 rings (SSSR count). The lowest BCUT2D eigenvalue weighted by atomic mass is 9.99. The van der Waals surface area contributed by atoms with Gasteiger partial charge in [-0.05, 0) is 29.0 Å². The lowest BCUT2D eigenvalue weighted by Crippen LogP contribution is -2.15. The molecule has 1 N–H and O–H groups in total. The molecule has 0 aliphatic heterocycles. The van der Waals surface area contributed by atoms with Gasteiger partial charge in [-0.15, -0.1) is 5.10 Å². The molecule has 0 radical (unpaired) electrons. The van der Waals surface area contributed by atoms with Crippen molar-refractivity contribution in [3.05, 3.63) is 40.9 Å². The SMILES string of the molecule is COCc1ncc(C(=O)Nc2nnc(OC)s2)c(-c2ccnc(Cl)c2)c1OC. The van der Waals surface area contributed by atoms with Crippen LogP contribution in [-0.4, -0.2) is 47.4 Å². The Bertz CT molecular complexity index is 997. The van der Waals surface area contributed by atoms with Crippen LogP contribution in [0.5, 0.6) is 10.9 Å². The summed E-state index contributed by atoms with van der Waals surface area (Å²) in [5.41, 5.74) is 1.98. The fraction of sp³-hybridized carbons (Fsp3) is 0.235. The predicted molar refractivity (Wildman–Crippen MR) is 104 cm³/mol. The molecule has 0 atom stereocenters. The van der Waals surface area contributed by atoms with Gasteiger partial charge in [0.15, 0.2) is 5.75 Å². The second kappa shape index (κ2) is 8.91. The Morgan fingerprint density at radius 1 is 1.21 bits per heavy atom. The lowest BCUT2D eigenvalue weighted by molar-refractivity contribution is 0.102. The van der Waals surface area contributed by atoms with Crippen LogP contribution < -0.4 is 14.8 Å². The van der Waals surface area contributed by atoms with Gasteiger partial charge >= 0.3 is 0 Å². The summed E-state index contributed by atoms with van der Waals surface area (Å²) in [6.45, 7) is 0.213. The van der Waals surface area contributed by atoms with E-state index in [9.17, 15) is 4.79 Å². The summed E-state index contributed by atoms with van der Waals surface area (Å²) in [7, 11) is 4.52. The maximum atomic E-state index is 12.9. The first kappa shape index (κ1) is 19.9. The molecular formula is C17H16ClN5O4S. The molecule has 0 aliphatic carbocycles. The van der Waals surface area contributed by atoms with E-state index < -0.39 is 5.91 Å². The first-order valence-corrected chi connectivity index (χ1v) is 9.12. The van der Waals surface area contributed by atoms with Gasteiger partial charge in [0.2, 0.25) is 5.13 Å². The van der Waals surface area contributed by atoms with E-state index in [0.717, 1.165) is 11.3 Å². The van der Waals surface area contributed by atoms with Gasteiger partial charge in [0.05, 0.1) is 26.4 Å². The van der Waals surface area contributed by atoms with Crippen molar-refractivity contribution in [2.24, 2.45) is 0 Å². The van der Waals surface area contributed by atoms with Crippen molar-refractivity contribution in [1.29, 1.82) is 0 Å². The van der Waals surface area contributed by atoms with E-state index in [4.69, 9.17) is 25.8 Å². The summed E-state index contributed by atoms with van der Waals surface area (Å²) in [6.07, 6.45) is 3.00. The molecular weight excluding hydrogens is 406 g/mol. The number of halogens is 1. The molecule has 0 saturated carbocycles. The van der Waals surface area contributed by atoms with Gasteiger partial charge in [-0.25, -0.2) is 4.98 Å². The molecule has 146 valence electrons. The number of rotatable bonds is 7. The van der Waals surface area contributed by atoms with E-state index in [0.29, 0.717) is 32.9 Å². The highest BCUT2D eigenvalue weighted by atomic mass is 35.5.